The van der Waals surface area contributed by atoms with Gasteiger partial charge in [-0.2, -0.15) is 0 Å². The molecule has 0 heterocycles. The number of nitro groups is 1. The van der Waals surface area contributed by atoms with E-state index in [2.05, 4.69) is 6.58 Å². The van der Waals surface area contributed by atoms with E-state index in [-0.39, 0.29) is 5.70 Å². The molecule has 0 spiro atoms. The van der Waals surface area contributed by atoms with Crippen molar-refractivity contribution in [3.8, 4) is 0 Å². The van der Waals surface area contributed by atoms with Crippen molar-refractivity contribution in [1.82, 2.24) is 0 Å². The highest BCUT2D eigenvalue weighted by molar-refractivity contribution is 5.24. The molecule has 0 saturated heterocycles. The molecule has 0 radical (unpaired) electrons. The van der Waals surface area contributed by atoms with E-state index in [0.717, 1.165) is 0 Å². The zero-order chi connectivity index (χ0) is 10.9. The van der Waals surface area contributed by atoms with E-state index in [4.69, 9.17) is 0 Å². The third kappa shape index (κ3) is 7.00. The van der Waals surface area contributed by atoms with Gasteiger partial charge in [0.05, 0.1) is 4.92 Å². The summed E-state index contributed by atoms with van der Waals surface area (Å²) < 4.78 is 0. The van der Waals surface area contributed by atoms with Gasteiger partial charge in [0, 0.05) is 5.57 Å². The maximum atomic E-state index is 10.1. The van der Waals surface area contributed by atoms with E-state index in [9.17, 15) is 10.1 Å². The van der Waals surface area contributed by atoms with Gasteiger partial charge in [-0.05, 0) is 20.4 Å². The first-order chi connectivity index (χ1) is 6.09. The van der Waals surface area contributed by atoms with Gasteiger partial charge in [0.15, 0.2) is 0 Å². The summed E-state index contributed by atoms with van der Waals surface area (Å²) in [6, 6.07) is 0. The highest BCUT2D eigenvalue weighted by atomic mass is 16.6. The maximum Gasteiger partial charge on any atom is 0.265 e. The van der Waals surface area contributed by atoms with Gasteiger partial charge < -0.3 is 0 Å². The van der Waals surface area contributed by atoms with Gasteiger partial charge in [0.2, 0.25) is 0 Å². The Morgan fingerprint density at radius 2 is 1.92 bits per heavy atom. The number of rotatable bonds is 3. The van der Waals surface area contributed by atoms with Crippen LogP contribution in [-0.4, -0.2) is 4.92 Å². The topological polar surface area (TPSA) is 43.1 Å². The molecule has 0 N–H and O–H groups in total. The van der Waals surface area contributed by atoms with E-state index in [1.54, 1.807) is 25.2 Å². The zero-order valence-corrected chi connectivity index (χ0v) is 8.70. The zero-order valence-electron chi connectivity index (χ0n) is 8.70. The van der Waals surface area contributed by atoms with Crippen molar-refractivity contribution in [2.75, 3.05) is 0 Å². The normalized spacial score (nSPS) is 10.6. The molecule has 0 aliphatic carbocycles. The first kappa shape index (κ1) is 14.2. The van der Waals surface area contributed by atoms with Gasteiger partial charge in [0.1, 0.15) is 0 Å². The van der Waals surface area contributed by atoms with Crippen LogP contribution in [0.1, 0.15) is 27.7 Å². The molecular formula is C10H17NO2. The molecule has 13 heavy (non-hydrogen) atoms. The SMILES string of the molecule is C=C(/C(C)=C\C=C/C)[N+](=O)[O-].CC. The smallest absolute Gasteiger partial charge is 0.258 e. The van der Waals surface area contributed by atoms with Crippen molar-refractivity contribution >= 4 is 0 Å². The first-order valence-corrected chi connectivity index (χ1v) is 4.23. The van der Waals surface area contributed by atoms with Crippen LogP contribution in [0.5, 0.6) is 0 Å². The Morgan fingerprint density at radius 1 is 1.46 bits per heavy atom. The first-order valence-electron chi connectivity index (χ1n) is 4.23. The number of hydrogen-bond acceptors (Lipinski definition) is 2. The van der Waals surface area contributed by atoms with Crippen LogP contribution in [0.3, 0.4) is 0 Å². The summed E-state index contributed by atoms with van der Waals surface area (Å²) in [5.41, 5.74) is 0.524. The van der Waals surface area contributed by atoms with Crippen LogP contribution >= 0.6 is 0 Å². The van der Waals surface area contributed by atoms with Crippen LogP contribution in [0.4, 0.5) is 0 Å². The average molecular weight is 183 g/mol. The van der Waals surface area contributed by atoms with E-state index in [0.29, 0.717) is 5.57 Å². The summed E-state index contributed by atoms with van der Waals surface area (Å²) in [4.78, 5) is 9.65. The van der Waals surface area contributed by atoms with Gasteiger partial charge in [-0.25, -0.2) is 0 Å². The van der Waals surface area contributed by atoms with E-state index in [1.807, 2.05) is 20.8 Å². The van der Waals surface area contributed by atoms with Crippen molar-refractivity contribution in [1.29, 1.82) is 0 Å². The lowest BCUT2D eigenvalue weighted by atomic mass is 10.2. The second-order valence-corrected chi connectivity index (χ2v) is 2.08. The lowest BCUT2D eigenvalue weighted by molar-refractivity contribution is -0.420. The molecule has 3 nitrogen and oxygen atoms in total. The molecule has 0 amide bonds. The van der Waals surface area contributed by atoms with E-state index >= 15 is 0 Å². The van der Waals surface area contributed by atoms with E-state index in [1.165, 1.54) is 0 Å². The second-order valence-electron chi connectivity index (χ2n) is 2.08. The van der Waals surface area contributed by atoms with Crippen LogP contribution in [0, 0.1) is 10.1 Å². The standard InChI is InChI=1S/C8H11NO2.C2H6/c1-4-5-6-7(2)8(3)9(10)11;1-2/h4-6H,3H2,1-2H3;1-2H3/b5-4-,7-6-;. The lowest BCUT2D eigenvalue weighted by Gasteiger charge is -1.92. The molecule has 0 saturated carbocycles. The van der Waals surface area contributed by atoms with Crippen molar-refractivity contribution in [3.63, 3.8) is 0 Å². The molecule has 74 valence electrons. The summed E-state index contributed by atoms with van der Waals surface area (Å²) in [6.45, 7) is 10.8. The molecule has 0 unspecified atom stereocenters. The second kappa shape index (κ2) is 8.71. The largest absolute Gasteiger partial charge is 0.265 e. The molecule has 0 aromatic heterocycles. The molecule has 0 aromatic carbocycles. The van der Waals surface area contributed by atoms with Crippen molar-refractivity contribution in [2.24, 2.45) is 0 Å². The average Bonchev–Trinajstić information content (AvgIpc) is 2.16. The van der Waals surface area contributed by atoms with Crippen molar-refractivity contribution in [2.45, 2.75) is 27.7 Å². The van der Waals surface area contributed by atoms with Crippen molar-refractivity contribution < 1.29 is 4.92 Å². The molecule has 3 heteroatoms. The summed E-state index contributed by atoms with van der Waals surface area (Å²) in [5.74, 6) is 0. The molecule has 0 fully saturated rings. The predicted octanol–water partition coefficient (Wildman–Crippen LogP) is 3.33. The Kier molecular flexibility index (Phi) is 9.49. The fourth-order valence-corrected chi connectivity index (χ4v) is 0.481. The molecule has 0 rings (SSSR count). The monoisotopic (exact) mass is 183 g/mol. The van der Waals surface area contributed by atoms with E-state index < -0.39 is 4.92 Å². The minimum absolute atomic E-state index is 0.0527. The quantitative estimate of drug-likeness (QED) is 0.382. The van der Waals surface area contributed by atoms with Crippen LogP contribution in [0.2, 0.25) is 0 Å². The Hall–Kier alpha value is -1.38. The Bertz CT molecular complexity index is 227. The maximum absolute atomic E-state index is 10.1. The summed E-state index contributed by atoms with van der Waals surface area (Å²) >= 11 is 0. The summed E-state index contributed by atoms with van der Waals surface area (Å²) in [5, 5.41) is 10.1. The summed E-state index contributed by atoms with van der Waals surface area (Å²) in [6.07, 6.45) is 5.20. The Balaban J connectivity index is 0. The number of hydrogen-bond donors (Lipinski definition) is 0. The highest BCUT2D eigenvalue weighted by Crippen LogP contribution is 2.06. The fraction of sp³-hybridized carbons (Fsp3) is 0.400. The summed E-state index contributed by atoms with van der Waals surface area (Å²) in [7, 11) is 0. The third-order valence-corrected chi connectivity index (χ3v) is 1.21. The van der Waals surface area contributed by atoms with Crippen LogP contribution in [0.25, 0.3) is 0 Å². The predicted molar refractivity (Wildman–Crippen MR) is 56.1 cm³/mol. The molecule has 0 aromatic rings. The minimum Gasteiger partial charge on any atom is -0.258 e. The van der Waals surface area contributed by atoms with Gasteiger partial charge in [0.25, 0.3) is 5.70 Å². The lowest BCUT2D eigenvalue weighted by Crippen LogP contribution is -1.97. The molecule has 0 aliphatic rings. The Morgan fingerprint density at radius 3 is 2.23 bits per heavy atom. The van der Waals surface area contributed by atoms with Crippen LogP contribution < -0.4 is 0 Å². The molecular weight excluding hydrogens is 166 g/mol. The fourth-order valence-electron chi connectivity index (χ4n) is 0.481. The Labute approximate surface area is 79.6 Å². The van der Waals surface area contributed by atoms with Gasteiger partial charge in [-0.15, -0.1) is 0 Å². The van der Waals surface area contributed by atoms with Gasteiger partial charge in [-0.1, -0.05) is 32.1 Å². The van der Waals surface area contributed by atoms with Gasteiger partial charge >= 0.3 is 0 Å². The third-order valence-electron chi connectivity index (χ3n) is 1.21. The highest BCUT2D eigenvalue weighted by Gasteiger charge is 2.06. The number of allylic oxidation sites excluding steroid dienone is 4. The molecule has 0 atom stereocenters. The van der Waals surface area contributed by atoms with Crippen molar-refractivity contribution in [3.05, 3.63) is 46.2 Å². The van der Waals surface area contributed by atoms with Crippen LogP contribution in [0.15, 0.2) is 36.1 Å². The van der Waals surface area contributed by atoms with Crippen LogP contribution in [-0.2, 0) is 0 Å². The molecule has 0 bridgehead atoms. The molecule has 0 aliphatic heterocycles. The minimum atomic E-state index is -0.491. The number of nitrogens with zero attached hydrogens (tertiary/aromatic N) is 1. The van der Waals surface area contributed by atoms with Gasteiger partial charge in [-0.3, -0.25) is 10.1 Å².